The van der Waals surface area contributed by atoms with Crippen molar-refractivity contribution in [3.05, 3.63) is 33.1 Å². The van der Waals surface area contributed by atoms with Crippen LogP contribution in [0.1, 0.15) is 24.9 Å². The Labute approximate surface area is 126 Å². The zero-order chi connectivity index (χ0) is 13.8. The van der Waals surface area contributed by atoms with Crippen LogP contribution in [0.3, 0.4) is 0 Å². The summed E-state index contributed by atoms with van der Waals surface area (Å²) in [7, 11) is 1.94. The number of ether oxygens (including phenoxy) is 1. The molecule has 1 aromatic heterocycles. The quantitative estimate of drug-likeness (QED) is 0.883. The molecule has 2 rings (SSSR count). The summed E-state index contributed by atoms with van der Waals surface area (Å²) < 4.78 is 6.70. The van der Waals surface area contributed by atoms with E-state index in [2.05, 4.69) is 33.6 Å². The molecule has 1 heterocycles. The van der Waals surface area contributed by atoms with Crippen molar-refractivity contribution in [2.45, 2.75) is 19.9 Å². The molecule has 0 amide bonds. The molecule has 1 N–H and O–H groups in total. The lowest BCUT2D eigenvalue weighted by Crippen LogP contribution is -2.11. The van der Waals surface area contributed by atoms with Crippen molar-refractivity contribution in [3.63, 3.8) is 0 Å². The maximum absolute atomic E-state index is 5.67. The third-order valence-corrected chi connectivity index (χ3v) is 4.36. The molecule has 0 fully saturated rings. The van der Waals surface area contributed by atoms with Crippen LogP contribution >= 0.6 is 27.3 Å². The molecular weight excluding hydrogens is 324 g/mol. The van der Waals surface area contributed by atoms with Crippen LogP contribution in [0.4, 0.5) is 0 Å². The van der Waals surface area contributed by atoms with E-state index in [1.54, 1.807) is 11.3 Å². The number of hydrogen-bond donors (Lipinski definition) is 1. The zero-order valence-corrected chi connectivity index (χ0v) is 13.6. The van der Waals surface area contributed by atoms with Crippen molar-refractivity contribution in [2.75, 3.05) is 13.7 Å². The minimum atomic E-state index is 0.265. The zero-order valence-electron chi connectivity index (χ0n) is 11.2. The summed E-state index contributed by atoms with van der Waals surface area (Å²) in [5, 5.41) is 6.36. The van der Waals surface area contributed by atoms with E-state index < -0.39 is 0 Å². The Hall–Kier alpha value is -0.910. The summed E-state index contributed by atoms with van der Waals surface area (Å²) in [5.74, 6) is 0.875. The number of benzene rings is 1. The standard InChI is InChI=1S/C14H17BrN2OS/c1-4-18-13-6-5-10(15)7-11(13)12-8-19-14(17-12)9(2)16-3/h5-9,16H,4H2,1-3H3. The summed E-state index contributed by atoms with van der Waals surface area (Å²) in [4.78, 5) is 4.69. The van der Waals surface area contributed by atoms with E-state index in [4.69, 9.17) is 9.72 Å². The molecule has 0 radical (unpaired) electrons. The first-order valence-corrected chi connectivity index (χ1v) is 7.88. The topological polar surface area (TPSA) is 34.1 Å². The average Bonchev–Trinajstić information content (AvgIpc) is 2.89. The van der Waals surface area contributed by atoms with Gasteiger partial charge in [-0.05, 0) is 39.1 Å². The number of nitrogens with zero attached hydrogens (tertiary/aromatic N) is 1. The van der Waals surface area contributed by atoms with Gasteiger partial charge in [-0.2, -0.15) is 0 Å². The largest absolute Gasteiger partial charge is 0.493 e. The van der Waals surface area contributed by atoms with E-state index >= 15 is 0 Å². The first kappa shape index (κ1) is 14.5. The first-order chi connectivity index (χ1) is 9.15. The van der Waals surface area contributed by atoms with Gasteiger partial charge in [0.05, 0.1) is 18.3 Å². The van der Waals surface area contributed by atoms with Gasteiger partial charge < -0.3 is 10.1 Å². The molecule has 0 bridgehead atoms. The fourth-order valence-corrected chi connectivity index (χ4v) is 2.96. The number of nitrogens with one attached hydrogen (secondary N) is 1. The van der Waals surface area contributed by atoms with E-state index in [1.165, 1.54) is 0 Å². The average molecular weight is 341 g/mol. The minimum Gasteiger partial charge on any atom is -0.493 e. The Morgan fingerprint density at radius 3 is 2.95 bits per heavy atom. The molecule has 0 saturated carbocycles. The highest BCUT2D eigenvalue weighted by Gasteiger charge is 2.13. The van der Waals surface area contributed by atoms with Crippen molar-refractivity contribution in [3.8, 4) is 17.0 Å². The number of hydrogen-bond acceptors (Lipinski definition) is 4. The normalized spacial score (nSPS) is 12.4. The van der Waals surface area contributed by atoms with E-state index in [0.717, 1.165) is 26.5 Å². The van der Waals surface area contributed by atoms with Crippen LogP contribution in [0.25, 0.3) is 11.3 Å². The van der Waals surface area contributed by atoms with Crippen molar-refractivity contribution in [1.29, 1.82) is 0 Å². The van der Waals surface area contributed by atoms with Crippen LogP contribution in [0, 0.1) is 0 Å². The van der Waals surface area contributed by atoms with E-state index in [1.807, 2.05) is 32.2 Å². The highest BCUT2D eigenvalue weighted by atomic mass is 79.9. The van der Waals surface area contributed by atoms with Crippen LogP contribution < -0.4 is 10.1 Å². The Balaban J connectivity index is 2.40. The molecule has 102 valence electrons. The maximum Gasteiger partial charge on any atom is 0.128 e. The Kier molecular flexibility index (Phi) is 4.96. The SMILES string of the molecule is CCOc1ccc(Br)cc1-c1csc(C(C)NC)n1. The Bertz CT molecular complexity index is 556. The van der Waals surface area contributed by atoms with Crippen LogP contribution in [-0.2, 0) is 0 Å². The molecule has 0 saturated heterocycles. The Morgan fingerprint density at radius 1 is 1.47 bits per heavy atom. The second-order valence-corrected chi connectivity index (χ2v) is 5.96. The van der Waals surface area contributed by atoms with Gasteiger partial charge in [0.15, 0.2) is 0 Å². The predicted molar refractivity (Wildman–Crippen MR) is 83.9 cm³/mol. The summed E-state index contributed by atoms with van der Waals surface area (Å²) in [6.45, 7) is 4.74. The van der Waals surface area contributed by atoms with Gasteiger partial charge in [0.25, 0.3) is 0 Å². The van der Waals surface area contributed by atoms with E-state index in [9.17, 15) is 0 Å². The number of aromatic nitrogens is 1. The lowest BCUT2D eigenvalue weighted by atomic mass is 10.1. The molecular formula is C14H17BrN2OS. The van der Waals surface area contributed by atoms with Crippen molar-refractivity contribution in [1.82, 2.24) is 10.3 Å². The first-order valence-electron chi connectivity index (χ1n) is 6.21. The van der Waals surface area contributed by atoms with E-state index in [0.29, 0.717) is 6.61 Å². The molecule has 0 aliphatic rings. The highest BCUT2D eigenvalue weighted by molar-refractivity contribution is 9.10. The van der Waals surface area contributed by atoms with Crippen molar-refractivity contribution >= 4 is 27.3 Å². The second-order valence-electron chi connectivity index (χ2n) is 4.15. The molecule has 0 spiro atoms. The fourth-order valence-electron chi connectivity index (χ4n) is 1.72. The molecule has 1 aromatic carbocycles. The number of halogens is 1. The molecule has 1 atom stereocenters. The van der Waals surface area contributed by atoms with E-state index in [-0.39, 0.29) is 6.04 Å². The van der Waals surface area contributed by atoms with Crippen molar-refractivity contribution < 1.29 is 4.74 Å². The van der Waals surface area contributed by atoms with Gasteiger partial charge in [0.2, 0.25) is 0 Å². The van der Waals surface area contributed by atoms with Crippen LogP contribution in [0.2, 0.25) is 0 Å². The van der Waals surface area contributed by atoms with Crippen LogP contribution in [-0.4, -0.2) is 18.6 Å². The number of thiazole rings is 1. The van der Waals surface area contributed by atoms with Gasteiger partial charge in [-0.3, -0.25) is 0 Å². The molecule has 2 aromatic rings. The summed E-state index contributed by atoms with van der Waals surface area (Å²) in [6.07, 6.45) is 0. The third-order valence-electron chi connectivity index (χ3n) is 2.84. The summed E-state index contributed by atoms with van der Waals surface area (Å²) in [6, 6.07) is 6.27. The molecule has 5 heteroatoms. The Morgan fingerprint density at radius 2 is 2.26 bits per heavy atom. The van der Waals surface area contributed by atoms with Gasteiger partial charge in [0, 0.05) is 15.4 Å². The maximum atomic E-state index is 5.67. The molecule has 0 aliphatic carbocycles. The second kappa shape index (κ2) is 6.50. The summed E-state index contributed by atoms with van der Waals surface area (Å²) in [5.41, 5.74) is 1.99. The minimum absolute atomic E-state index is 0.265. The molecule has 19 heavy (non-hydrogen) atoms. The van der Waals surface area contributed by atoms with Gasteiger partial charge in [0.1, 0.15) is 10.8 Å². The third kappa shape index (κ3) is 3.35. The predicted octanol–water partition coefficient (Wildman–Crippen LogP) is 4.25. The molecule has 0 aliphatic heterocycles. The number of rotatable bonds is 5. The van der Waals surface area contributed by atoms with Gasteiger partial charge in [-0.25, -0.2) is 4.98 Å². The van der Waals surface area contributed by atoms with Crippen LogP contribution in [0.15, 0.2) is 28.1 Å². The van der Waals surface area contributed by atoms with Gasteiger partial charge >= 0.3 is 0 Å². The fraction of sp³-hybridized carbons (Fsp3) is 0.357. The highest BCUT2D eigenvalue weighted by Crippen LogP contribution is 2.34. The van der Waals surface area contributed by atoms with Gasteiger partial charge in [-0.1, -0.05) is 15.9 Å². The lowest BCUT2D eigenvalue weighted by Gasteiger charge is -2.09. The lowest BCUT2D eigenvalue weighted by molar-refractivity contribution is 0.341. The monoisotopic (exact) mass is 340 g/mol. The van der Waals surface area contributed by atoms with Crippen LogP contribution in [0.5, 0.6) is 5.75 Å². The molecule has 1 unspecified atom stereocenters. The summed E-state index contributed by atoms with van der Waals surface area (Å²) >= 11 is 5.17. The smallest absolute Gasteiger partial charge is 0.128 e. The van der Waals surface area contributed by atoms with Gasteiger partial charge in [-0.15, -0.1) is 11.3 Å². The molecule has 3 nitrogen and oxygen atoms in total. The van der Waals surface area contributed by atoms with Crippen molar-refractivity contribution in [2.24, 2.45) is 0 Å².